The first-order chi connectivity index (χ1) is 6.75. The molecule has 0 aromatic carbocycles. The van der Waals surface area contributed by atoms with E-state index < -0.39 is 0 Å². The highest BCUT2D eigenvalue weighted by molar-refractivity contribution is 4.98. The summed E-state index contributed by atoms with van der Waals surface area (Å²) in [4.78, 5) is 0. The van der Waals surface area contributed by atoms with Crippen LogP contribution in [0.4, 0.5) is 0 Å². The van der Waals surface area contributed by atoms with Crippen LogP contribution in [-0.4, -0.2) is 5.11 Å². The third kappa shape index (κ3) is 2.31. The second-order valence-electron chi connectivity index (χ2n) is 5.25. The molecule has 14 heavy (non-hydrogen) atoms. The summed E-state index contributed by atoms with van der Waals surface area (Å²) in [7, 11) is 0. The summed E-state index contributed by atoms with van der Waals surface area (Å²) in [6.07, 6.45) is 11.0. The van der Waals surface area contributed by atoms with E-state index in [9.17, 15) is 5.11 Å². The summed E-state index contributed by atoms with van der Waals surface area (Å²) < 4.78 is 0. The number of rotatable bonds is 1. The van der Waals surface area contributed by atoms with E-state index in [1.54, 1.807) is 0 Å². The number of hydrogen-bond donors (Lipinski definition) is 1. The van der Waals surface area contributed by atoms with Crippen LogP contribution in [0.15, 0.2) is 11.8 Å². The van der Waals surface area contributed by atoms with E-state index >= 15 is 0 Å². The third-order valence-electron chi connectivity index (χ3n) is 4.15. The molecule has 1 unspecified atom stereocenters. The molecule has 0 bridgehead atoms. The van der Waals surface area contributed by atoms with Gasteiger partial charge in [0, 0.05) is 6.42 Å². The summed E-state index contributed by atoms with van der Waals surface area (Å²) in [6.45, 7) is 2.38. The summed E-state index contributed by atoms with van der Waals surface area (Å²) in [5.41, 5.74) is 0. The third-order valence-corrected chi connectivity index (χ3v) is 4.15. The second kappa shape index (κ2) is 4.37. The van der Waals surface area contributed by atoms with Gasteiger partial charge in [-0.15, -0.1) is 0 Å². The van der Waals surface area contributed by atoms with Gasteiger partial charge in [0.05, 0.1) is 5.76 Å². The lowest BCUT2D eigenvalue weighted by Crippen LogP contribution is -2.22. The Bertz CT molecular complexity index is 211. The fourth-order valence-electron chi connectivity index (χ4n) is 3.03. The number of allylic oxidation sites excluding steroid dienone is 2. The van der Waals surface area contributed by atoms with E-state index in [1.165, 1.54) is 32.1 Å². The first-order valence-corrected chi connectivity index (χ1v) is 6.13. The Hall–Kier alpha value is -0.460. The smallest absolute Gasteiger partial charge is 0.0883 e. The predicted octanol–water partition coefficient (Wildman–Crippen LogP) is 4.05. The number of aliphatic hydroxyl groups excluding tert-OH is 1. The molecule has 0 aromatic rings. The maximum atomic E-state index is 9.33. The SMILES string of the molecule is CC1CCC(C2CC=C(O)CC2)CC1. The van der Waals surface area contributed by atoms with Crippen LogP contribution in [0.5, 0.6) is 0 Å². The van der Waals surface area contributed by atoms with Crippen molar-refractivity contribution in [3.63, 3.8) is 0 Å². The van der Waals surface area contributed by atoms with E-state index in [2.05, 4.69) is 6.92 Å². The van der Waals surface area contributed by atoms with Gasteiger partial charge in [0.15, 0.2) is 0 Å². The van der Waals surface area contributed by atoms with Gasteiger partial charge in [-0.2, -0.15) is 0 Å². The molecule has 1 saturated carbocycles. The van der Waals surface area contributed by atoms with Crippen LogP contribution in [0, 0.1) is 17.8 Å². The van der Waals surface area contributed by atoms with Crippen LogP contribution < -0.4 is 0 Å². The van der Waals surface area contributed by atoms with Crippen molar-refractivity contribution < 1.29 is 5.11 Å². The zero-order valence-corrected chi connectivity index (χ0v) is 9.21. The van der Waals surface area contributed by atoms with E-state index in [0.717, 1.165) is 30.6 Å². The van der Waals surface area contributed by atoms with Crippen molar-refractivity contribution in [3.8, 4) is 0 Å². The second-order valence-corrected chi connectivity index (χ2v) is 5.25. The normalized spacial score (nSPS) is 39.2. The maximum absolute atomic E-state index is 9.33. The Morgan fingerprint density at radius 2 is 1.79 bits per heavy atom. The van der Waals surface area contributed by atoms with Gasteiger partial charge < -0.3 is 5.11 Å². The summed E-state index contributed by atoms with van der Waals surface area (Å²) in [5.74, 6) is 3.41. The molecule has 0 spiro atoms. The maximum Gasteiger partial charge on any atom is 0.0883 e. The Morgan fingerprint density at radius 3 is 2.36 bits per heavy atom. The fraction of sp³-hybridized carbons (Fsp3) is 0.846. The van der Waals surface area contributed by atoms with Gasteiger partial charge in [0.25, 0.3) is 0 Å². The molecule has 1 fully saturated rings. The van der Waals surface area contributed by atoms with Crippen molar-refractivity contribution in [2.45, 2.75) is 51.9 Å². The minimum absolute atomic E-state index is 0.630. The Morgan fingerprint density at radius 1 is 1.07 bits per heavy atom. The molecule has 0 radical (unpaired) electrons. The zero-order valence-electron chi connectivity index (χ0n) is 9.21. The molecular weight excluding hydrogens is 172 g/mol. The summed E-state index contributed by atoms with van der Waals surface area (Å²) >= 11 is 0. The van der Waals surface area contributed by atoms with Gasteiger partial charge in [-0.3, -0.25) is 0 Å². The number of aliphatic hydroxyl groups is 1. The predicted molar refractivity (Wildman–Crippen MR) is 59.2 cm³/mol. The highest BCUT2D eigenvalue weighted by atomic mass is 16.3. The van der Waals surface area contributed by atoms with Crippen LogP contribution in [-0.2, 0) is 0 Å². The molecule has 0 amide bonds. The van der Waals surface area contributed by atoms with E-state index in [1.807, 2.05) is 6.08 Å². The molecule has 0 saturated heterocycles. The molecular formula is C13H22O. The van der Waals surface area contributed by atoms with Crippen LogP contribution in [0.3, 0.4) is 0 Å². The fourth-order valence-corrected chi connectivity index (χ4v) is 3.03. The Kier molecular flexibility index (Phi) is 3.15. The van der Waals surface area contributed by atoms with E-state index in [-0.39, 0.29) is 0 Å². The Labute approximate surface area is 87.2 Å². The standard InChI is InChI=1S/C13H22O/c1-10-2-4-11(5-3-10)12-6-8-13(14)9-7-12/h8,10-12,14H,2-7,9H2,1H3. The van der Waals surface area contributed by atoms with Crippen molar-refractivity contribution in [3.05, 3.63) is 11.8 Å². The van der Waals surface area contributed by atoms with Gasteiger partial charge in [-0.1, -0.05) is 19.8 Å². The first-order valence-electron chi connectivity index (χ1n) is 6.13. The lowest BCUT2D eigenvalue weighted by Gasteiger charge is -2.33. The van der Waals surface area contributed by atoms with Gasteiger partial charge in [-0.25, -0.2) is 0 Å². The van der Waals surface area contributed by atoms with Crippen LogP contribution in [0.2, 0.25) is 0 Å². The van der Waals surface area contributed by atoms with Crippen LogP contribution in [0.25, 0.3) is 0 Å². The largest absolute Gasteiger partial charge is 0.513 e. The average molecular weight is 194 g/mol. The lowest BCUT2D eigenvalue weighted by molar-refractivity contribution is 0.190. The van der Waals surface area contributed by atoms with Gasteiger partial charge in [0.2, 0.25) is 0 Å². The molecule has 0 heterocycles. The monoisotopic (exact) mass is 194 g/mol. The van der Waals surface area contributed by atoms with Crippen molar-refractivity contribution in [2.24, 2.45) is 17.8 Å². The molecule has 1 N–H and O–H groups in total. The Balaban J connectivity index is 1.84. The topological polar surface area (TPSA) is 20.2 Å². The highest BCUT2D eigenvalue weighted by Crippen LogP contribution is 2.38. The van der Waals surface area contributed by atoms with Gasteiger partial charge >= 0.3 is 0 Å². The van der Waals surface area contributed by atoms with Gasteiger partial charge in [0.1, 0.15) is 0 Å². The van der Waals surface area contributed by atoms with Gasteiger partial charge in [-0.05, 0) is 49.5 Å². The average Bonchev–Trinajstić information content (AvgIpc) is 2.21. The minimum Gasteiger partial charge on any atom is -0.513 e. The molecule has 0 aliphatic heterocycles. The minimum atomic E-state index is 0.630. The van der Waals surface area contributed by atoms with E-state index in [4.69, 9.17) is 0 Å². The molecule has 2 rings (SSSR count). The summed E-state index contributed by atoms with van der Waals surface area (Å²) in [6, 6.07) is 0. The van der Waals surface area contributed by atoms with Crippen LogP contribution >= 0.6 is 0 Å². The first kappa shape index (κ1) is 10.1. The van der Waals surface area contributed by atoms with Crippen LogP contribution in [0.1, 0.15) is 51.9 Å². The molecule has 0 aromatic heterocycles. The molecule has 1 heteroatoms. The molecule has 1 nitrogen and oxygen atoms in total. The highest BCUT2D eigenvalue weighted by Gasteiger charge is 2.26. The van der Waals surface area contributed by atoms with Crippen molar-refractivity contribution in [1.82, 2.24) is 0 Å². The van der Waals surface area contributed by atoms with E-state index in [0.29, 0.717) is 5.76 Å². The van der Waals surface area contributed by atoms with Crippen molar-refractivity contribution in [1.29, 1.82) is 0 Å². The quantitative estimate of drug-likeness (QED) is 0.667. The molecule has 2 aliphatic carbocycles. The zero-order chi connectivity index (χ0) is 9.97. The van der Waals surface area contributed by atoms with Crippen molar-refractivity contribution >= 4 is 0 Å². The summed E-state index contributed by atoms with van der Waals surface area (Å²) in [5, 5.41) is 9.33. The molecule has 80 valence electrons. The van der Waals surface area contributed by atoms with Crippen molar-refractivity contribution in [2.75, 3.05) is 0 Å². The molecule has 2 aliphatic rings. The number of hydrogen-bond acceptors (Lipinski definition) is 1. The molecule has 1 atom stereocenters. The lowest BCUT2D eigenvalue weighted by atomic mass is 9.72.